The molecule has 0 aromatic heterocycles. The average molecular weight is 312 g/mol. The largest absolute Gasteiger partial charge is 0.398 e. The lowest BCUT2D eigenvalue weighted by molar-refractivity contribution is -0.116. The summed E-state index contributed by atoms with van der Waals surface area (Å²) < 4.78 is 22.8. The van der Waals surface area contributed by atoms with Crippen molar-refractivity contribution in [3.8, 4) is 0 Å². The van der Waals surface area contributed by atoms with Crippen LogP contribution in [0.4, 0.5) is 11.4 Å². The fourth-order valence-corrected chi connectivity index (χ4v) is 3.43. The number of nitrogens with two attached hydrogens (primary N) is 3. The van der Waals surface area contributed by atoms with Gasteiger partial charge in [-0.3, -0.25) is 4.79 Å². The van der Waals surface area contributed by atoms with E-state index >= 15 is 0 Å². The zero-order valence-corrected chi connectivity index (χ0v) is 12.5. The monoisotopic (exact) mass is 312 g/mol. The van der Waals surface area contributed by atoms with Gasteiger partial charge in [-0.15, -0.1) is 0 Å². The number of hydrogen-bond acceptors (Lipinski definition) is 5. The minimum atomic E-state index is -3.85. The van der Waals surface area contributed by atoms with E-state index in [0.717, 1.165) is 25.7 Å². The molecule has 0 atom stereocenters. The van der Waals surface area contributed by atoms with Gasteiger partial charge in [-0.25, -0.2) is 13.6 Å². The maximum absolute atomic E-state index is 11.4. The van der Waals surface area contributed by atoms with E-state index < -0.39 is 15.9 Å². The lowest BCUT2D eigenvalue weighted by Crippen LogP contribution is -2.40. The number of hydrogen-bond donors (Lipinski definition) is 3. The molecule has 1 aromatic carbocycles. The van der Waals surface area contributed by atoms with Crippen LogP contribution < -0.4 is 21.5 Å². The zero-order chi connectivity index (χ0) is 15.6. The van der Waals surface area contributed by atoms with Gasteiger partial charge in [0.05, 0.1) is 12.2 Å². The summed E-state index contributed by atoms with van der Waals surface area (Å²) in [6.45, 7) is 0.0822. The molecule has 8 heteroatoms. The van der Waals surface area contributed by atoms with Gasteiger partial charge in [0.2, 0.25) is 15.9 Å². The molecule has 2 rings (SSSR count). The summed E-state index contributed by atoms with van der Waals surface area (Å²) in [6.07, 6.45) is 4.16. The highest BCUT2D eigenvalue weighted by atomic mass is 32.2. The highest BCUT2D eigenvalue weighted by Gasteiger charge is 2.25. The Hall–Kier alpha value is -1.80. The molecule has 1 fully saturated rings. The molecule has 1 aromatic rings. The van der Waals surface area contributed by atoms with Crippen LogP contribution >= 0.6 is 0 Å². The number of carbonyl (C=O) groups is 1. The number of sulfonamides is 1. The highest BCUT2D eigenvalue weighted by Crippen LogP contribution is 2.30. The van der Waals surface area contributed by atoms with Crippen LogP contribution in [0.25, 0.3) is 0 Å². The SMILES string of the molecule is NC(=O)CN(c1ccc(S(N)(=O)=O)c(N)c1)C1CCCC1. The molecule has 1 aliphatic rings. The summed E-state index contributed by atoms with van der Waals surface area (Å²) in [7, 11) is -3.85. The fraction of sp³-hybridized carbons (Fsp3) is 0.462. The Labute approximate surface area is 124 Å². The molecule has 0 spiro atoms. The Morgan fingerprint density at radius 3 is 2.38 bits per heavy atom. The van der Waals surface area contributed by atoms with Crippen molar-refractivity contribution >= 4 is 27.3 Å². The van der Waals surface area contributed by atoms with E-state index in [1.54, 1.807) is 6.07 Å². The van der Waals surface area contributed by atoms with Gasteiger partial charge in [0, 0.05) is 11.7 Å². The summed E-state index contributed by atoms with van der Waals surface area (Å²) >= 11 is 0. The van der Waals surface area contributed by atoms with E-state index in [0.29, 0.717) is 5.69 Å². The van der Waals surface area contributed by atoms with Crippen LogP contribution in [0.1, 0.15) is 25.7 Å². The van der Waals surface area contributed by atoms with Crippen LogP contribution in [0, 0.1) is 0 Å². The van der Waals surface area contributed by atoms with Gasteiger partial charge < -0.3 is 16.4 Å². The van der Waals surface area contributed by atoms with Crippen LogP contribution in [0.5, 0.6) is 0 Å². The van der Waals surface area contributed by atoms with Crippen molar-refractivity contribution in [1.82, 2.24) is 0 Å². The third kappa shape index (κ3) is 3.64. The van der Waals surface area contributed by atoms with Gasteiger partial charge in [-0.1, -0.05) is 12.8 Å². The summed E-state index contributed by atoms with van der Waals surface area (Å²) in [6, 6.07) is 4.72. The topological polar surface area (TPSA) is 133 Å². The van der Waals surface area contributed by atoms with Gasteiger partial charge in [0.25, 0.3) is 0 Å². The first-order chi connectivity index (χ1) is 9.79. The molecule has 6 N–H and O–H groups in total. The third-order valence-electron chi connectivity index (χ3n) is 3.72. The molecule has 0 aliphatic heterocycles. The number of benzene rings is 1. The highest BCUT2D eigenvalue weighted by molar-refractivity contribution is 7.89. The van der Waals surface area contributed by atoms with Gasteiger partial charge in [0.1, 0.15) is 4.90 Å². The first kappa shape index (κ1) is 15.6. The van der Waals surface area contributed by atoms with Gasteiger partial charge in [-0.05, 0) is 31.0 Å². The van der Waals surface area contributed by atoms with Crippen molar-refractivity contribution in [2.24, 2.45) is 10.9 Å². The second kappa shape index (κ2) is 5.90. The number of nitrogen functional groups attached to an aromatic ring is 1. The smallest absolute Gasteiger partial charge is 0.240 e. The minimum absolute atomic E-state index is 0.0717. The number of rotatable bonds is 5. The molecule has 0 heterocycles. The summed E-state index contributed by atoms with van der Waals surface area (Å²) in [5.41, 5.74) is 11.8. The quantitative estimate of drug-likeness (QED) is 0.666. The van der Waals surface area contributed by atoms with E-state index in [1.807, 2.05) is 4.90 Å². The first-order valence-electron chi connectivity index (χ1n) is 6.76. The number of anilines is 2. The van der Waals surface area contributed by atoms with Crippen molar-refractivity contribution < 1.29 is 13.2 Å². The van der Waals surface area contributed by atoms with Crippen molar-refractivity contribution in [3.05, 3.63) is 18.2 Å². The van der Waals surface area contributed by atoms with Crippen LogP contribution in [-0.4, -0.2) is 26.9 Å². The molecule has 1 amide bonds. The molecule has 1 aliphatic carbocycles. The Morgan fingerprint density at radius 2 is 1.90 bits per heavy atom. The second-order valence-electron chi connectivity index (χ2n) is 5.30. The van der Waals surface area contributed by atoms with Crippen LogP contribution in [0.2, 0.25) is 0 Å². The number of primary sulfonamides is 1. The summed E-state index contributed by atoms with van der Waals surface area (Å²) in [5, 5.41) is 5.09. The number of primary amides is 1. The molecular weight excluding hydrogens is 292 g/mol. The van der Waals surface area contributed by atoms with Crippen LogP contribution in [0.3, 0.4) is 0 Å². The number of nitrogens with zero attached hydrogens (tertiary/aromatic N) is 1. The van der Waals surface area contributed by atoms with E-state index in [9.17, 15) is 13.2 Å². The normalized spacial score (nSPS) is 16.0. The van der Waals surface area contributed by atoms with Gasteiger partial charge >= 0.3 is 0 Å². The van der Waals surface area contributed by atoms with Crippen LogP contribution in [0.15, 0.2) is 23.1 Å². The Balaban J connectivity index is 2.36. The molecule has 7 nitrogen and oxygen atoms in total. The predicted octanol–water partition coefficient (Wildman–Crippen LogP) is 0.151. The fourth-order valence-electron chi connectivity index (χ4n) is 2.79. The minimum Gasteiger partial charge on any atom is -0.398 e. The van der Waals surface area contributed by atoms with Crippen molar-refractivity contribution in [3.63, 3.8) is 0 Å². The van der Waals surface area contributed by atoms with Crippen molar-refractivity contribution in [2.75, 3.05) is 17.2 Å². The lowest BCUT2D eigenvalue weighted by Gasteiger charge is -2.30. The zero-order valence-electron chi connectivity index (χ0n) is 11.7. The Kier molecular flexibility index (Phi) is 4.38. The molecule has 0 bridgehead atoms. The lowest BCUT2D eigenvalue weighted by atomic mass is 10.1. The van der Waals surface area contributed by atoms with Crippen LogP contribution in [-0.2, 0) is 14.8 Å². The summed E-state index contributed by atoms with van der Waals surface area (Å²) in [4.78, 5) is 13.1. The standard InChI is InChI=1S/C13H20N4O3S/c14-11-7-10(5-6-12(11)21(16,19)20)17(8-13(15)18)9-3-1-2-4-9/h5-7,9H,1-4,8,14H2,(H2,15,18)(H2,16,19,20). The molecule has 116 valence electrons. The summed E-state index contributed by atoms with van der Waals surface area (Å²) in [5.74, 6) is -0.434. The van der Waals surface area contributed by atoms with E-state index in [1.165, 1.54) is 12.1 Å². The molecule has 1 saturated carbocycles. The second-order valence-corrected chi connectivity index (χ2v) is 6.83. The molecule has 0 unspecified atom stereocenters. The Morgan fingerprint density at radius 1 is 1.29 bits per heavy atom. The average Bonchev–Trinajstić information content (AvgIpc) is 2.87. The predicted molar refractivity (Wildman–Crippen MR) is 81.0 cm³/mol. The molecule has 0 saturated heterocycles. The van der Waals surface area contributed by atoms with Crippen molar-refractivity contribution in [1.29, 1.82) is 0 Å². The Bertz CT molecular complexity index is 639. The van der Waals surface area contributed by atoms with E-state index in [2.05, 4.69) is 0 Å². The van der Waals surface area contributed by atoms with Gasteiger partial charge in [-0.2, -0.15) is 0 Å². The van der Waals surface area contributed by atoms with E-state index in [4.69, 9.17) is 16.6 Å². The molecule has 0 radical (unpaired) electrons. The maximum Gasteiger partial charge on any atom is 0.240 e. The van der Waals surface area contributed by atoms with Crippen molar-refractivity contribution in [2.45, 2.75) is 36.6 Å². The van der Waals surface area contributed by atoms with E-state index in [-0.39, 0.29) is 23.2 Å². The molecular formula is C13H20N4O3S. The molecule has 21 heavy (non-hydrogen) atoms. The van der Waals surface area contributed by atoms with Gasteiger partial charge in [0.15, 0.2) is 0 Å². The number of carbonyl (C=O) groups excluding carboxylic acids is 1. The third-order valence-corrected chi connectivity index (χ3v) is 4.71. The number of amides is 1. The maximum atomic E-state index is 11.4. The first-order valence-corrected chi connectivity index (χ1v) is 8.31.